The van der Waals surface area contributed by atoms with Crippen molar-refractivity contribution in [3.05, 3.63) is 90.5 Å². The van der Waals surface area contributed by atoms with E-state index < -0.39 is 6.10 Å². The summed E-state index contributed by atoms with van der Waals surface area (Å²) >= 11 is 0. The first-order valence-corrected chi connectivity index (χ1v) is 10.8. The van der Waals surface area contributed by atoms with Gasteiger partial charge in [-0.3, -0.25) is 9.80 Å². The Bertz CT molecular complexity index is 1160. The molecule has 6 rings (SSSR count). The number of methoxy groups -OCH3 is 1. The summed E-state index contributed by atoms with van der Waals surface area (Å²) in [6, 6.07) is 28.1. The van der Waals surface area contributed by atoms with Crippen LogP contribution in [0.1, 0.15) is 11.6 Å². The zero-order chi connectivity index (χ0) is 21.7. The van der Waals surface area contributed by atoms with Crippen molar-refractivity contribution in [3.63, 3.8) is 0 Å². The number of carbonyl (C=O) groups excluding carboxylic acids is 1. The van der Waals surface area contributed by atoms with Crippen LogP contribution < -0.4 is 14.6 Å². The van der Waals surface area contributed by atoms with Crippen molar-refractivity contribution in [2.24, 2.45) is 11.0 Å². The molecule has 0 unspecified atom stereocenters. The third-order valence-corrected chi connectivity index (χ3v) is 6.60. The molecular formula is C26H23N3O3. The predicted octanol–water partition coefficient (Wildman–Crippen LogP) is 4.04. The molecule has 0 bridgehead atoms. The molecule has 0 saturated carbocycles. The Kier molecular flexibility index (Phi) is 4.47. The van der Waals surface area contributed by atoms with Crippen molar-refractivity contribution in [1.29, 1.82) is 0 Å². The third kappa shape index (κ3) is 2.83. The minimum atomic E-state index is -0.442. The van der Waals surface area contributed by atoms with Crippen LogP contribution in [0, 0.1) is 5.92 Å². The minimum absolute atomic E-state index is 0.00388. The SMILES string of the molecule is COc1ccc(N2C(=O)[C@H]3OCC4=NN(c5ccccc5)[C@@H](c5ccccc5)[C@@H]4[C@H]32)cc1. The lowest BCUT2D eigenvalue weighted by molar-refractivity contribution is -0.144. The molecule has 2 saturated heterocycles. The second-order valence-electron chi connectivity index (χ2n) is 8.28. The van der Waals surface area contributed by atoms with Gasteiger partial charge in [-0.2, -0.15) is 5.10 Å². The molecule has 32 heavy (non-hydrogen) atoms. The Labute approximate surface area is 186 Å². The standard InChI is InChI=1S/C26H23N3O3/c1-31-20-14-12-18(13-15-20)28-24-22-21(16-32-25(24)26(28)30)27-29(19-10-6-3-7-11-19)23(22)17-8-4-2-5-9-17/h2-15,22-25H,16H2,1H3/t22-,23+,24-,25+/m1/s1. The van der Waals surface area contributed by atoms with E-state index in [-0.39, 0.29) is 23.9 Å². The molecule has 6 heteroatoms. The topological polar surface area (TPSA) is 54.4 Å². The lowest BCUT2D eigenvalue weighted by Gasteiger charge is -2.53. The van der Waals surface area contributed by atoms with Gasteiger partial charge in [-0.1, -0.05) is 48.5 Å². The summed E-state index contributed by atoms with van der Waals surface area (Å²) in [5.41, 5.74) is 4.04. The summed E-state index contributed by atoms with van der Waals surface area (Å²) in [4.78, 5) is 14.9. The third-order valence-electron chi connectivity index (χ3n) is 6.60. The van der Waals surface area contributed by atoms with Crippen LogP contribution in [0.25, 0.3) is 0 Å². The highest BCUT2D eigenvalue weighted by Gasteiger charge is 2.61. The summed E-state index contributed by atoms with van der Waals surface area (Å²) in [6.07, 6.45) is -0.442. The molecule has 3 aliphatic heterocycles. The largest absolute Gasteiger partial charge is 0.497 e. The average molecular weight is 425 g/mol. The van der Waals surface area contributed by atoms with E-state index in [1.807, 2.05) is 53.4 Å². The number of β-lactam (4-membered cyclic amide) rings is 1. The van der Waals surface area contributed by atoms with Crippen molar-refractivity contribution in [1.82, 2.24) is 0 Å². The summed E-state index contributed by atoms with van der Waals surface area (Å²) in [7, 11) is 1.64. The van der Waals surface area contributed by atoms with Gasteiger partial charge < -0.3 is 14.4 Å². The molecule has 0 aliphatic carbocycles. The molecule has 3 aromatic carbocycles. The number of nitrogens with zero attached hydrogens (tertiary/aromatic N) is 3. The maximum absolute atomic E-state index is 13.1. The Morgan fingerprint density at radius 2 is 1.59 bits per heavy atom. The lowest BCUT2D eigenvalue weighted by atomic mass is 9.75. The van der Waals surface area contributed by atoms with Crippen molar-refractivity contribution < 1.29 is 14.3 Å². The number of carbonyl (C=O) groups is 1. The molecule has 0 radical (unpaired) electrons. The van der Waals surface area contributed by atoms with Crippen molar-refractivity contribution in [2.75, 3.05) is 23.6 Å². The molecule has 6 nitrogen and oxygen atoms in total. The van der Waals surface area contributed by atoms with Crippen LogP contribution in [-0.2, 0) is 9.53 Å². The number of benzene rings is 3. The smallest absolute Gasteiger partial charge is 0.258 e. The number of ether oxygens (including phenoxy) is 2. The van der Waals surface area contributed by atoms with E-state index in [0.717, 1.165) is 22.8 Å². The van der Waals surface area contributed by atoms with Crippen LogP contribution >= 0.6 is 0 Å². The Hall–Kier alpha value is -3.64. The highest BCUT2D eigenvalue weighted by Crippen LogP contribution is 2.49. The monoisotopic (exact) mass is 425 g/mol. The molecule has 4 atom stereocenters. The fourth-order valence-corrected chi connectivity index (χ4v) is 5.13. The molecule has 0 aromatic heterocycles. The summed E-state index contributed by atoms with van der Waals surface area (Å²) in [6.45, 7) is 0.376. The number of fused-ring (bicyclic) bond motifs is 3. The Morgan fingerprint density at radius 3 is 2.28 bits per heavy atom. The van der Waals surface area contributed by atoms with E-state index in [4.69, 9.17) is 14.6 Å². The van der Waals surface area contributed by atoms with Gasteiger partial charge in [-0.05, 0) is 42.0 Å². The van der Waals surface area contributed by atoms with Gasteiger partial charge in [0.1, 0.15) is 5.75 Å². The average Bonchev–Trinajstić information content (AvgIpc) is 3.24. The molecular weight excluding hydrogens is 402 g/mol. The summed E-state index contributed by atoms with van der Waals surface area (Å²) < 4.78 is 11.3. The maximum atomic E-state index is 13.1. The normalized spacial score (nSPS) is 26.2. The maximum Gasteiger partial charge on any atom is 0.258 e. The molecule has 0 N–H and O–H groups in total. The van der Waals surface area contributed by atoms with Gasteiger partial charge in [-0.25, -0.2) is 0 Å². The number of hydrogen-bond donors (Lipinski definition) is 0. The van der Waals surface area contributed by atoms with Gasteiger partial charge in [0.15, 0.2) is 6.10 Å². The van der Waals surface area contributed by atoms with E-state index in [9.17, 15) is 4.79 Å². The molecule has 0 spiro atoms. The van der Waals surface area contributed by atoms with Gasteiger partial charge in [-0.15, -0.1) is 0 Å². The van der Waals surface area contributed by atoms with Crippen LogP contribution in [-0.4, -0.2) is 37.5 Å². The summed E-state index contributed by atoms with van der Waals surface area (Å²) in [5, 5.41) is 7.10. The minimum Gasteiger partial charge on any atom is -0.497 e. The zero-order valence-electron chi connectivity index (χ0n) is 17.7. The first-order chi connectivity index (χ1) is 15.8. The van der Waals surface area contributed by atoms with Crippen LogP contribution in [0.2, 0.25) is 0 Å². The number of hydrazone groups is 1. The second kappa shape index (κ2) is 7.50. The quantitative estimate of drug-likeness (QED) is 0.592. The number of para-hydroxylation sites is 1. The molecule has 160 valence electrons. The van der Waals surface area contributed by atoms with E-state index in [1.54, 1.807) is 7.11 Å². The number of hydrogen-bond acceptors (Lipinski definition) is 5. The Balaban J connectivity index is 1.43. The van der Waals surface area contributed by atoms with Crippen LogP contribution in [0.15, 0.2) is 90.0 Å². The first kappa shape index (κ1) is 19.1. The van der Waals surface area contributed by atoms with Gasteiger partial charge in [0.25, 0.3) is 5.91 Å². The number of rotatable bonds is 4. The van der Waals surface area contributed by atoms with E-state index in [2.05, 4.69) is 41.4 Å². The molecule has 3 aromatic rings. The van der Waals surface area contributed by atoms with Gasteiger partial charge in [0.05, 0.1) is 43.1 Å². The second-order valence-corrected chi connectivity index (χ2v) is 8.28. The Morgan fingerprint density at radius 1 is 0.906 bits per heavy atom. The van der Waals surface area contributed by atoms with E-state index in [1.165, 1.54) is 5.56 Å². The zero-order valence-corrected chi connectivity index (χ0v) is 17.7. The van der Waals surface area contributed by atoms with Gasteiger partial charge in [0.2, 0.25) is 0 Å². The summed E-state index contributed by atoms with van der Waals surface area (Å²) in [5.74, 6) is 0.805. The fraction of sp³-hybridized carbons (Fsp3) is 0.231. The van der Waals surface area contributed by atoms with Gasteiger partial charge in [0, 0.05) is 5.69 Å². The highest BCUT2D eigenvalue weighted by atomic mass is 16.5. The molecule has 2 fully saturated rings. The van der Waals surface area contributed by atoms with E-state index in [0.29, 0.717) is 6.61 Å². The van der Waals surface area contributed by atoms with Crippen molar-refractivity contribution in [3.8, 4) is 5.75 Å². The number of amides is 1. The fourth-order valence-electron chi connectivity index (χ4n) is 5.13. The predicted molar refractivity (Wildman–Crippen MR) is 123 cm³/mol. The molecule has 3 heterocycles. The van der Waals surface area contributed by atoms with Gasteiger partial charge >= 0.3 is 0 Å². The van der Waals surface area contributed by atoms with Crippen LogP contribution in [0.4, 0.5) is 11.4 Å². The van der Waals surface area contributed by atoms with E-state index >= 15 is 0 Å². The molecule has 1 amide bonds. The van der Waals surface area contributed by atoms with Crippen molar-refractivity contribution in [2.45, 2.75) is 18.2 Å². The van der Waals surface area contributed by atoms with Crippen LogP contribution in [0.5, 0.6) is 5.75 Å². The first-order valence-electron chi connectivity index (χ1n) is 10.8. The molecule has 3 aliphatic rings. The van der Waals surface area contributed by atoms with Crippen molar-refractivity contribution >= 4 is 23.0 Å². The van der Waals surface area contributed by atoms with Crippen LogP contribution in [0.3, 0.4) is 0 Å². The lowest BCUT2D eigenvalue weighted by Crippen LogP contribution is -2.72. The highest BCUT2D eigenvalue weighted by molar-refractivity contribution is 6.09. The number of anilines is 2.